The van der Waals surface area contributed by atoms with E-state index in [1.807, 2.05) is 42.5 Å². The summed E-state index contributed by atoms with van der Waals surface area (Å²) < 4.78 is 0. The summed E-state index contributed by atoms with van der Waals surface area (Å²) in [6.45, 7) is 4.31. The molecule has 0 amide bonds. The van der Waals surface area contributed by atoms with E-state index in [-0.39, 0.29) is 5.75 Å². The summed E-state index contributed by atoms with van der Waals surface area (Å²) in [5, 5.41) is 12.3. The predicted molar refractivity (Wildman–Crippen MR) is 109 cm³/mol. The molecule has 0 spiro atoms. The number of hydrogen-bond acceptors (Lipinski definition) is 4. The highest BCUT2D eigenvalue weighted by molar-refractivity contribution is 6.02. The van der Waals surface area contributed by atoms with Crippen LogP contribution in [0, 0.1) is 0 Å². The normalized spacial score (nSPS) is 15.8. The van der Waals surface area contributed by atoms with E-state index in [1.165, 1.54) is 5.69 Å². The second-order valence-corrected chi connectivity index (χ2v) is 6.78. The van der Waals surface area contributed by atoms with Crippen molar-refractivity contribution >= 4 is 28.4 Å². The van der Waals surface area contributed by atoms with Crippen molar-refractivity contribution in [1.29, 1.82) is 0 Å². The Morgan fingerprint density at radius 2 is 1.62 bits per heavy atom. The highest BCUT2D eigenvalue weighted by Gasteiger charge is 2.13. The number of hydrogen-bond donors (Lipinski definition) is 1. The largest absolute Gasteiger partial charge is 0.507 e. The predicted octanol–water partition coefficient (Wildman–Crippen LogP) is 4.05. The molecule has 0 radical (unpaired) electrons. The number of anilines is 1. The summed E-state index contributed by atoms with van der Waals surface area (Å²) in [6, 6.07) is 20.0. The molecule has 0 bridgehead atoms. The quantitative estimate of drug-likeness (QED) is 0.728. The van der Waals surface area contributed by atoms with Gasteiger partial charge < -0.3 is 14.9 Å². The number of aliphatic imine (C=N–C) groups is 1. The molecule has 26 heavy (non-hydrogen) atoms. The maximum atomic E-state index is 10.2. The second-order valence-electron chi connectivity index (χ2n) is 6.78. The lowest BCUT2D eigenvalue weighted by Gasteiger charge is -2.34. The third kappa shape index (κ3) is 3.41. The van der Waals surface area contributed by atoms with Crippen LogP contribution in [-0.4, -0.2) is 49.4 Å². The highest BCUT2D eigenvalue weighted by atomic mass is 16.3. The zero-order valence-electron chi connectivity index (χ0n) is 15.0. The number of nitrogens with zero attached hydrogens (tertiary/aromatic N) is 3. The molecule has 0 aromatic heterocycles. The molecular formula is C22H23N3O. The third-order valence-electron chi connectivity index (χ3n) is 5.01. The molecule has 132 valence electrons. The van der Waals surface area contributed by atoms with E-state index in [0.717, 1.165) is 48.2 Å². The molecule has 0 unspecified atom stereocenters. The molecule has 0 aliphatic carbocycles. The third-order valence-corrected chi connectivity index (χ3v) is 5.01. The van der Waals surface area contributed by atoms with Crippen LogP contribution in [0.4, 0.5) is 11.4 Å². The van der Waals surface area contributed by atoms with Gasteiger partial charge in [0.1, 0.15) is 5.75 Å². The number of benzene rings is 3. The fourth-order valence-electron chi connectivity index (χ4n) is 3.37. The summed E-state index contributed by atoms with van der Waals surface area (Å²) >= 11 is 0. The summed E-state index contributed by atoms with van der Waals surface area (Å²) in [4.78, 5) is 9.33. The lowest BCUT2D eigenvalue weighted by atomic mass is 10.0. The van der Waals surface area contributed by atoms with E-state index in [2.05, 4.69) is 34.0 Å². The van der Waals surface area contributed by atoms with E-state index < -0.39 is 0 Å². The molecule has 0 saturated carbocycles. The first kappa shape index (κ1) is 16.6. The Kier molecular flexibility index (Phi) is 4.59. The van der Waals surface area contributed by atoms with Gasteiger partial charge in [-0.05, 0) is 48.2 Å². The molecule has 4 heteroatoms. The number of fused-ring (bicyclic) bond motifs is 1. The average Bonchev–Trinajstić information content (AvgIpc) is 2.68. The van der Waals surface area contributed by atoms with E-state index in [1.54, 1.807) is 12.3 Å². The van der Waals surface area contributed by atoms with Crippen molar-refractivity contribution in [3.8, 4) is 5.75 Å². The zero-order valence-corrected chi connectivity index (χ0v) is 15.0. The van der Waals surface area contributed by atoms with E-state index >= 15 is 0 Å². The Labute approximate surface area is 154 Å². The fraction of sp³-hybridized carbons (Fsp3) is 0.227. The van der Waals surface area contributed by atoms with Crippen molar-refractivity contribution < 1.29 is 5.11 Å². The Morgan fingerprint density at radius 1 is 0.885 bits per heavy atom. The molecule has 1 N–H and O–H groups in total. The maximum Gasteiger partial charge on any atom is 0.124 e. The number of phenols is 1. The van der Waals surface area contributed by atoms with Gasteiger partial charge in [0.25, 0.3) is 0 Å². The second kappa shape index (κ2) is 7.18. The number of likely N-dealkylation sites (N-methyl/N-ethyl adjacent to an activating group) is 1. The lowest BCUT2D eigenvalue weighted by Crippen LogP contribution is -2.44. The first-order valence-electron chi connectivity index (χ1n) is 8.99. The van der Waals surface area contributed by atoms with E-state index in [9.17, 15) is 5.11 Å². The van der Waals surface area contributed by atoms with Crippen LogP contribution in [0.2, 0.25) is 0 Å². The number of rotatable bonds is 3. The van der Waals surface area contributed by atoms with Crippen LogP contribution in [0.5, 0.6) is 5.75 Å². The Bertz CT molecular complexity index is 926. The molecule has 4 rings (SSSR count). The summed E-state index contributed by atoms with van der Waals surface area (Å²) in [7, 11) is 2.16. The Hall–Kier alpha value is -2.85. The van der Waals surface area contributed by atoms with Crippen LogP contribution in [0.15, 0.2) is 65.7 Å². The van der Waals surface area contributed by atoms with Crippen molar-refractivity contribution in [3.05, 3.63) is 66.2 Å². The molecule has 1 aliphatic heterocycles. The van der Waals surface area contributed by atoms with Crippen LogP contribution in [0.25, 0.3) is 10.8 Å². The van der Waals surface area contributed by atoms with Crippen molar-refractivity contribution in [2.45, 2.75) is 0 Å². The molecule has 3 aromatic rings. The summed E-state index contributed by atoms with van der Waals surface area (Å²) in [5.74, 6) is 0.251. The van der Waals surface area contributed by atoms with Crippen LogP contribution in [-0.2, 0) is 0 Å². The van der Waals surface area contributed by atoms with Gasteiger partial charge in [0.15, 0.2) is 0 Å². The van der Waals surface area contributed by atoms with Gasteiger partial charge in [-0.1, -0.05) is 30.3 Å². The molecule has 1 fully saturated rings. The van der Waals surface area contributed by atoms with Crippen LogP contribution in [0.3, 0.4) is 0 Å². The minimum Gasteiger partial charge on any atom is -0.507 e. The van der Waals surface area contributed by atoms with Gasteiger partial charge in [0.05, 0.1) is 5.69 Å². The molecule has 3 aromatic carbocycles. The molecule has 1 saturated heterocycles. The summed E-state index contributed by atoms with van der Waals surface area (Å²) in [6.07, 6.45) is 1.75. The molecule has 4 nitrogen and oxygen atoms in total. The number of piperazine rings is 1. The molecular weight excluding hydrogens is 322 g/mol. The first-order chi connectivity index (χ1) is 12.7. The minimum absolute atomic E-state index is 0.251. The van der Waals surface area contributed by atoms with Gasteiger partial charge >= 0.3 is 0 Å². The SMILES string of the molecule is CN1CCN(c2ccc(N=Cc3c(O)ccc4ccccc34)cc2)CC1. The summed E-state index contributed by atoms with van der Waals surface area (Å²) in [5.41, 5.74) is 2.88. The number of phenolic OH excluding ortho intramolecular Hbond substituents is 1. The Morgan fingerprint density at radius 3 is 2.38 bits per heavy atom. The fourth-order valence-corrected chi connectivity index (χ4v) is 3.37. The van der Waals surface area contributed by atoms with Gasteiger partial charge in [-0.2, -0.15) is 0 Å². The van der Waals surface area contributed by atoms with Crippen LogP contribution < -0.4 is 4.90 Å². The maximum absolute atomic E-state index is 10.2. The zero-order chi connectivity index (χ0) is 17.9. The van der Waals surface area contributed by atoms with E-state index in [0.29, 0.717) is 0 Å². The molecule has 1 aliphatic rings. The minimum atomic E-state index is 0.251. The first-order valence-corrected chi connectivity index (χ1v) is 8.99. The van der Waals surface area contributed by atoms with Crippen molar-refractivity contribution in [2.75, 3.05) is 38.1 Å². The highest BCUT2D eigenvalue weighted by Crippen LogP contribution is 2.27. The van der Waals surface area contributed by atoms with E-state index in [4.69, 9.17) is 0 Å². The van der Waals surface area contributed by atoms with Gasteiger partial charge in [-0.25, -0.2) is 0 Å². The lowest BCUT2D eigenvalue weighted by molar-refractivity contribution is 0.313. The standard InChI is InChI=1S/C22H23N3O/c1-24-12-14-25(15-13-24)19-9-7-18(8-10-19)23-16-21-20-5-3-2-4-17(20)6-11-22(21)26/h2-11,16,26H,12-15H2,1H3. The molecule has 1 heterocycles. The van der Waals surface area contributed by atoms with Gasteiger partial charge in [0.2, 0.25) is 0 Å². The van der Waals surface area contributed by atoms with Crippen LogP contribution in [0.1, 0.15) is 5.56 Å². The topological polar surface area (TPSA) is 39.1 Å². The number of aromatic hydroxyl groups is 1. The van der Waals surface area contributed by atoms with Crippen molar-refractivity contribution in [1.82, 2.24) is 4.90 Å². The van der Waals surface area contributed by atoms with Gasteiger partial charge in [-0.3, -0.25) is 4.99 Å². The average molecular weight is 345 g/mol. The monoisotopic (exact) mass is 345 g/mol. The van der Waals surface area contributed by atoms with Crippen molar-refractivity contribution in [3.63, 3.8) is 0 Å². The van der Waals surface area contributed by atoms with Gasteiger partial charge in [0, 0.05) is 43.6 Å². The Balaban J connectivity index is 1.55. The smallest absolute Gasteiger partial charge is 0.124 e. The molecule has 0 atom stereocenters. The van der Waals surface area contributed by atoms with Gasteiger partial charge in [-0.15, -0.1) is 0 Å². The van der Waals surface area contributed by atoms with Crippen molar-refractivity contribution in [2.24, 2.45) is 4.99 Å². The van der Waals surface area contributed by atoms with Crippen LogP contribution >= 0.6 is 0 Å².